The SMILES string of the molecule is O=C1NCc2c1cccc2C1=CCNCC1. The third-order valence-electron chi connectivity index (χ3n) is 3.26. The predicted molar refractivity (Wildman–Crippen MR) is 63.1 cm³/mol. The molecule has 3 rings (SSSR count). The zero-order chi connectivity index (χ0) is 11.0. The minimum Gasteiger partial charge on any atom is -0.348 e. The number of carbonyl (C=O) groups excluding carboxylic acids is 1. The van der Waals surface area contributed by atoms with Crippen molar-refractivity contribution in [1.29, 1.82) is 0 Å². The summed E-state index contributed by atoms with van der Waals surface area (Å²) < 4.78 is 0. The highest BCUT2D eigenvalue weighted by molar-refractivity contribution is 5.99. The molecule has 0 aromatic heterocycles. The highest BCUT2D eigenvalue weighted by Crippen LogP contribution is 2.28. The molecule has 2 aliphatic heterocycles. The standard InChI is InChI=1S/C13H14N2O/c16-13-11-3-1-2-10(12(11)8-15-13)9-4-6-14-7-5-9/h1-4,14H,5-8H2,(H,15,16). The summed E-state index contributed by atoms with van der Waals surface area (Å²) >= 11 is 0. The van der Waals surface area contributed by atoms with Crippen LogP contribution in [-0.4, -0.2) is 19.0 Å². The Morgan fingerprint density at radius 2 is 2.06 bits per heavy atom. The topological polar surface area (TPSA) is 41.1 Å². The third kappa shape index (κ3) is 1.44. The maximum absolute atomic E-state index is 11.6. The van der Waals surface area contributed by atoms with E-state index in [1.807, 2.05) is 12.1 Å². The van der Waals surface area contributed by atoms with Crippen LogP contribution in [0, 0.1) is 0 Å². The number of rotatable bonds is 1. The van der Waals surface area contributed by atoms with Crippen molar-refractivity contribution < 1.29 is 4.79 Å². The molecule has 0 spiro atoms. The van der Waals surface area contributed by atoms with Crippen LogP contribution in [0.25, 0.3) is 5.57 Å². The van der Waals surface area contributed by atoms with Gasteiger partial charge in [-0.05, 0) is 35.7 Å². The largest absolute Gasteiger partial charge is 0.348 e. The van der Waals surface area contributed by atoms with Crippen molar-refractivity contribution in [2.45, 2.75) is 13.0 Å². The smallest absolute Gasteiger partial charge is 0.251 e. The molecule has 0 saturated carbocycles. The van der Waals surface area contributed by atoms with E-state index < -0.39 is 0 Å². The Balaban J connectivity index is 2.08. The lowest BCUT2D eigenvalue weighted by molar-refractivity contribution is 0.0966. The molecule has 0 saturated heterocycles. The van der Waals surface area contributed by atoms with E-state index >= 15 is 0 Å². The van der Waals surface area contributed by atoms with Gasteiger partial charge in [-0.1, -0.05) is 18.2 Å². The normalized spacial score (nSPS) is 19.0. The number of nitrogens with one attached hydrogen (secondary N) is 2. The van der Waals surface area contributed by atoms with Gasteiger partial charge in [0.15, 0.2) is 0 Å². The van der Waals surface area contributed by atoms with Gasteiger partial charge in [0.1, 0.15) is 0 Å². The fourth-order valence-corrected chi connectivity index (χ4v) is 2.42. The van der Waals surface area contributed by atoms with Crippen molar-refractivity contribution >= 4 is 11.5 Å². The van der Waals surface area contributed by atoms with E-state index in [2.05, 4.69) is 22.8 Å². The first-order chi connectivity index (χ1) is 7.86. The monoisotopic (exact) mass is 214 g/mol. The molecule has 2 aliphatic rings. The Morgan fingerprint density at radius 1 is 1.19 bits per heavy atom. The first-order valence-electron chi connectivity index (χ1n) is 5.66. The molecule has 0 aliphatic carbocycles. The molecule has 16 heavy (non-hydrogen) atoms. The van der Waals surface area contributed by atoms with Crippen molar-refractivity contribution in [3.8, 4) is 0 Å². The molecule has 0 atom stereocenters. The van der Waals surface area contributed by atoms with Crippen LogP contribution >= 0.6 is 0 Å². The summed E-state index contributed by atoms with van der Waals surface area (Å²) in [5.41, 5.74) is 4.63. The van der Waals surface area contributed by atoms with Crippen LogP contribution in [0.15, 0.2) is 24.3 Å². The van der Waals surface area contributed by atoms with E-state index in [1.165, 1.54) is 16.7 Å². The summed E-state index contributed by atoms with van der Waals surface area (Å²) in [4.78, 5) is 11.6. The van der Waals surface area contributed by atoms with Gasteiger partial charge in [-0.2, -0.15) is 0 Å². The van der Waals surface area contributed by atoms with Crippen molar-refractivity contribution in [2.75, 3.05) is 13.1 Å². The van der Waals surface area contributed by atoms with Gasteiger partial charge in [0, 0.05) is 18.7 Å². The second-order valence-electron chi connectivity index (χ2n) is 4.20. The zero-order valence-electron chi connectivity index (χ0n) is 9.05. The van der Waals surface area contributed by atoms with E-state index in [0.29, 0.717) is 6.54 Å². The molecule has 3 nitrogen and oxygen atoms in total. The number of fused-ring (bicyclic) bond motifs is 1. The zero-order valence-corrected chi connectivity index (χ0v) is 9.05. The van der Waals surface area contributed by atoms with Gasteiger partial charge in [0.25, 0.3) is 5.91 Å². The Labute approximate surface area is 94.5 Å². The Morgan fingerprint density at radius 3 is 2.88 bits per heavy atom. The van der Waals surface area contributed by atoms with E-state index in [4.69, 9.17) is 0 Å². The summed E-state index contributed by atoms with van der Waals surface area (Å²) in [6.07, 6.45) is 3.27. The van der Waals surface area contributed by atoms with Gasteiger partial charge in [-0.3, -0.25) is 4.79 Å². The Kier molecular flexibility index (Phi) is 2.26. The highest BCUT2D eigenvalue weighted by Gasteiger charge is 2.22. The molecule has 0 bridgehead atoms. The summed E-state index contributed by atoms with van der Waals surface area (Å²) in [5, 5.41) is 6.18. The van der Waals surface area contributed by atoms with Crippen LogP contribution < -0.4 is 10.6 Å². The van der Waals surface area contributed by atoms with Gasteiger partial charge in [-0.15, -0.1) is 0 Å². The summed E-state index contributed by atoms with van der Waals surface area (Å²) in [5.74, 6) is 0.0615. The summed E-state index contributed by atoms with van der Waals surface area (Å²) in [7, 11) is 0. The lowest BCUT2D eigenvalue weighted by atomic mass is 9.93. The molecule has 2 heterocycles. The number of benzene rings is 1. The minimum atomic E-state index is 0.0615. The summed E-state index contributed by atoms with van der Waals surface area (Å²) in [6.45, 7) is 2.63. The van der Waals surface area contributed by atoms with Gasteiger partial charge >= 0.3 is 0 Å². The van der Waals surface area contributed by atoms with Crippen LogP contribution in [0.3, 0.4) is 0 Å². The first-order valence-corrected chi connectivity index (χ1v) is 5.66. The molecule has 1 aromatic rings. The Hall–Kier alpha value is -1.61. The van der Waals surface area contributed by atoms with Crippen LogP contribution in [0.2, 0.25) is 0 Å². The van der Waals surface area contributed by atoms with E-state index in [0.717, 1.165) is 25.1 Å². The Bertz CT molecular complexity index is 477. The maximum Gasteiger partial charge on any atom is 0.251 e. The molecular formula is C13H14N2O. The fraction of sp³-hybridized carbons (Fsp3) is 0.308. The molecule has 82 valence electrons. The van der Waals surface area contributed by atoms with Crippen molar-refractivity contribution in [1.82, 2.24) is 10.6 Å². The average Bonchev–Trinajstić information content (AvgIpc) is 2.73. The van der Waals surface area contributed by atoms with Crippen molar-refractivity contribution in [2.24, 2.45) is 0 Å². The molecule has 0 unspecified atom stereocenters. The summed E-state index contributed by atoms with van der Waals surface area (Å²) in [6, 6.07) is 6.00. The number of amides is 1. The molecule has 0 fully saturated rings. The molecule has 0 radical (unpaired) electrons. The molecular weight excluding hydrogens is 200 g/mol. The third-order valence-corrected chi connectivity index (χ3v) is 3.26. The van der Waals surface area contributed by atoms with Gasteiger partial charge < -0.3 is 10.6 Å². The van der Waals surface area contributed by atoms with Gasteiger partial charge in [-0.25, -0.2) is 0 Å². The predicted octanol–water partition coefficient (Wildman–Crippen LogP) is 1.31. The molecule has 1 aromatic carbocycles. The minimum absolute atomic E-state index is 0.0615. The van der Waals surface area contributed by atoms with Gasteiger partial charge in [0.2, 0.25) is 0 Å². The van der Waals surface area contributed by atoms with Crippen LogP contribution in [0.1, 0.15) is 27.9 Å². The van der Waals surface area contributed by atoms with Gasteiger partial charge in [0.05, 0.1) is 0 Å². The van der Waals surface area contributed by atoms with Crippen molar-refractivity contribution in [3.05, 3.63) is 41.0 Å². The second kappa shape index (κ2) is 3.76. The lowest BCUT2D eigenvalue weighted by Crippen LogP contribution is -2.20. The van der Waals surface area contributed by atoms with Crippen molar-refractivity contribution in [3.63, 3.8) is 0 Å². The fourth-order valence-electron chi connectivity index (χ4n) is 2.42. The van der Waals surface area contributed by atoms with E-state index in [9.17, 15) is 4.79 Å². The first kappa shape index (κ1) is 9.60. The molecule has 2 N–H and O–H groups in total. The van der Waals surface area contributed by atoms with Crippen LogP contribution in [0.4, 0.5) is 0 Å². The number of hydrogen-bond donors (Lipinski definition) is 2. The van der Waals surface area contributed by atoms with Crippen LogP contribution in [-0.2, 0) is 6.54 Å². The quantitative estimate of drug-likeness (QED) is 0.740. The maximum atomic E-state index is 11.6. The van der Waals surface area contributed by atoms with Crippen LogP contribution in [0.5, 0.6) is 0 Å². The lowest BCUT2D eigenvalue weighted by Gasteiger charge is -2.16. The van der Waals surface area contributed by atoms with E-state index in [-0.39, 0.29) is 5.91 Å². The highest BCUT2D eigenvalue weighted by atomic mass is 16.1. The van der Waals surface area contributed by atoms with E-state index in [1.54, 1.807) is 0 Å². The second-order valence-corrected chi connectivity index (χ2v) is 4.20. The number of hydrogen-bond acceptors (Lipinski definition) is 2. The molecule has 3 heteroatoms. The number of carbonyl (C=O) groups is 1. The molecule has 1 amide bonds. The average molecular weight is 214 g/mol.